The monoisotopic (exact) mass is 653 g/mol. The number of hydrogen-bond donors (Lipinski definition) is 0. The van der Waals surface area contributed by atoms with Gasteiger partial charge in [-0.05, 0) is 97.0 Å². The van der Waals surface area contributed by atoms with Crippen molar-refractivity contribution in [3.8, 4) is 22.3 Å². The van der Waals surface area contributed by atoms with Crippen LogP contribution >= 0.6 is 11.3 Å². The minimum atomic E-state index is 1.12. The predicted octanol–water partition coefficient (Wildman–Crippen LogP) is 14.3. The Labute approximate surface area is 294 Å². The lowest BCUT2D eigenvalue weighted by Crippen LogP contribution is -2.09. The molecule has 0 aliphatic rings. The second kappa shape index (κ2) is 11.7. The lowest BCUT2D eigenvalue weighted by molar-refractivity contribution is 1.29. The van der Waals surface area contributed by atoms with Crippen molar-refractivity contribution >= 4 is 80.9 Å². The van der Waals surface area contributed by atoms with Crippen LogP contribution in [-0.4, -0.2) is 0 Å². The molecule has 2 heteroatoms. The van der Waals surface area contributed by atoms with E-state index >= 15 is 0 Å². The van der Waals surface area contributed by atoms with E-state index in [-0.39, 0.29) is 0 Å². The molecule has 10 rings (SSSR count). The van der Waals surface area contributed by atoms with Gasteiger partial charge in [0.2, 0.25) is 0 Å². The van der Waals surface area contributed by atoms with E-state index in [1.807, 2.05) is 11.3 Å². The first-order valence-electron chi connectivity index (χ1n) is 17.1. The topological polar surface area (TPSA) is 3.24 Å². The molecule has 0 aliphatic heterocycles. The maximum absolute atomic E-state index is 2.38. The van der Waals surface area contributed by atoms with Gasteiger partial charge in [0.15, 0.2) is 0 Å². The number of fused-ring (bicyclic) bond motifs is 7. The molecular formula is C48H31NS. The molecule has 0 spiro atoms. The second-order valence-electron chi connectivity index (χ2n) is 12.9. The third-order valence-electron chi connectivity index (χ3n) is 10.1. The van der Waals surface area contributed by atoms with Crippen LogP contribution < -0.4 is 4.90 Å². The molecule has 0 saturated heterocycles. The average Bonchev–Trinajstić information content (AvgIpc) is 3.57. The lowest BCUT2D eigenvalue weighted by Gasteiger charge is -2.26. The first kappa shape index (κ1) is 28.8. The van der Waals surface area contributed by atoms with Gasteiger partial charge in [-0.1, -0.05) is 146 Å². The Hall–Kier alpha value is -6.22. The third kappa shape index (κ3) is 4.76. The molecule has 1 aromatic heterocycles. The van der Waals surface area contributed by atoms with Gasteiger partial charge in [-0.15, -0.1) is 11.3 Å². The van der Waals surface area contributed by atoms with Crippen molar-refractivity contribution < 1.29 is 0 Å². The zero-order valence-electron chi connectivity index (χ0n) is 27.3. The van der Waals surface area contributed by atoms with Crippen molar-refractivity contribution in [2.24, 2.45) is 0 Å². The van der Waals surface area contributed by atoms with Crippen molar-refractivity contribution in [1.29, 1.82) is 0 Å². The Morgan fingerprint density at radius 2 is 0.840 bits per heavy atom. The van der Waals surface area contributed by atoms with Gasteiger partial charge in [-0.2, -0.15) is 0 Å². The molecule has 0 fully saturated rings. The van der Waals surface area contributed by atoms with E-state index in [9.17, 15) is 0 Å². The fourth-order valence-corrected chi connectivity index (χ4v) is 8.86. The molecule has 0 N–H and O–H groups in total. The summed E-state index contributed by atoms with van der Waals surface area (Å²) in [6, 6.07) is 68.7. The number of anilines is 3. The Kier molecular flexibility index (Phi) is 6.75. The highest BCUT2D eigenvalue weighted by Gasteiger charge is 2.16. The van der Waals surface area contributed by atoms with Gasteiger partial charge in [0.1, 0.15) is 0 Å². The smallest absolute Gasteiger partial charge is 0.0468 e. The fourth-order valence-electron chi connectivity index (χ4n) is 7.62. The van der Waals surface area contributed by atoms with Gasteiger partial charge in [-0.3, -0.25) is 0 Å². The van der Waals surface area contributed by atoms with Crippen LogP contribution in [0.1, 0.15) is 0 Å². The first-order chi connectivity index (χ1) is 24.8. The Balaban J connectivity index is 1.10. The maximum Gasteiger partial charge on any atom is 0.0468 e. The molecular weight excluding hydrogens is 623 g/mol. The van der Waals surface area contributed by atoms with E-state index in [1.54, 1.807) is 0 Å². The minimum absolute atomic E-state index is 1.12. The van der Waals surface area contributed by atoms with Crippen molar-refractivity contribution in [3.63, 3.8) is 0 Å². The highest BCUT2D eigenvalue weighted by Crippen LogP contribution is 2.42. The Bertz CT molecular complexity index is 2860. The van der Waals surface area contributed by atoms with Crippen LogP contribution in [0.5, 0.6) is 0 Å². The lowest BCUT2D eigenvalue weighted by atomic mass is 9.98. The molecule has 0 unspecified atom stereocenters. The number of benzene rings is 9. The normalized spacial score (nSPS) is 11.6. The van der Waals surface area contributed by atoms with Crippen molar-refractivity contribution in [2.45, 2.75) is 0 Å². The molecule has 0 radical (unpaired) electrons. The molecule has 10 aromatic rings. The van der Waals surface area contributed by atoms with Gasteiger partial charge in [-0.25, -0.2) is 0 Å². The van der Waals surface area contributed by atoms with E-state index in [1.165, 1.54) is 74.7 Å². The number of thiophene rings is 1. The zero-order valence-corrected chi connectivity index (χ0v) is 28.1. The molecule has 0 bridgehead atoms. The second-order valence-corrected chi connectivity index (χ2v) is 14.0. The first-order valence-corrected chi connectivity index (χ1v) is 17.9. The largest absolute Gasteiger partial charge is 0.310 e. The molecule has 9 aromatic carbocycles. The summed E-state index contributed by atoms with van der Waals surface area (Å²) in [5.74, 6) is 0. The third-order valence-corrected chi connectivity index (χ3v) is 11.3. The Morgan fingerprint density at radius 1 is 0.320 bits per heavy atom. The zero-order chi connectivity index (χ0) is 33.0. The summed E-state index contributed by atoms with van der Waals surface area (Å²) < 4.78 is 2.66. The summed E-state index contributed by atoms with van der Waals surface area (Å²) in [7, 11) is 0. The van der Waals surface area contributed by atoms with Crippen LogP contribution in [0.3, 0.4) is 0 Å². The number of hydrogen-bond acceptors (Lipinski definition) is 2. The maximum atomic E-state index is 2.38. The number of nitrogens with zero attached hydrogens (tertiary/aromatic N) is 1. The summed E-state index contributed by atoms with van der Waals surface area (Å²) in [6.45, 7) is 0. The molecule has 50 heavy (non-hydrogen) atoms. The number of rotatable bonds is 5. The van der Waals surface area contributed by atoms with E-state index in [0.29, 0.717) is 0 Å². The van der Waals surface area contributed by atoms with Crippen LogP contribution in [-0.2, 0) is 0 Å². The van der Waals surface area contributed by atoms with Gasteiger partial charge in [0, 0.05) is 37.2 Å². The minimum Gasteiger partial charge on any atom is -0.310 e. The average molecular weight is 654 g/mol. The van der Waals surface area contributed by atoms with Crippen LogP contribution in [0.4, 0.5) is 17.1 Å². The van der Waals surface area contributed by atoms with Crippen molar-refractivity contribution in [3.05, 3.63) is 188 Å². The van der Waals surface area contributed by atoms with Crippen LogP contribution in [0.25, 0.3) is 74.7 Å². The molecule has 0 amide bonds. The van der Waals surface area contributed by atoms with E-state index in [0.717, 1.165) is 17.1 Å². The summed E-state index contributed by atoms with van der Waals surface area (Å²) in [5, 5.41) is 10.2. The summed E-state index contributed by atoms with van der Waals surface area (Å²) >= 11 is 1.88. The standard InChI is InChI=1S/C48H31NS/c1-3-12-40-32(9-1)11-7-15-42(40)34-21-25-37(26-22-34)49(39-29-30-43-36(31-39)20-19-33-10-2-4-13-41(33)43)38-27-23-35(24-28-38)44-16-8-17-46-45-14-5-6-18-47(45)50-48(44)46/h1-31H. The molecule has 0 saturated carbocycles. The highest BCUT2D eigenvalue weighted by molar-refractivity contribution is 7.26. The van der Waals surface area contributed by atoms with E-state index in [4.69, 9.17) is 0 Å². The van der Waals surface area contributed by atoms with Crippen molar-refractivity contribution in [1.82, 2.24) is 0 Å². The van der Waals surface area contributed by atoms with Crippen LogP contribution in [0.2, 0.25) is 0 Å². The van der Waals surface area contributed by atoms with Gasteiger partial charge >= 0.3 is 0 Å². The van der Waals surface area contributed by atoms with E-state index in [2.05, 4.69) is 193 Å². The van der Waals surface area contributed by atoms with Gasteiger partial charge in [0.25, 0.3) is 0 Å². The molecule has 0 aliphatic carbocycles. The quantitative estimate of drug-likeness (QED) is 0.167. The Morgan fingerprint density at radius 3 is 1.62 bits per heavy atom. The summed E-state index contributed by atoms with van der Waals surface area (Å²) in [6.07, 6.45) is 0. The highest BCUT2D eigenvalue weighted by atomic mass is 32.1. The summed E-state index contributed by atoms with van der Waals surface area (Å²) in [4.78, 5) is 2.38. The molecule has 1 nitrogen and oxygen atoms in total. The predicted molar refractivity (Wildman–Crippen MR) is 217 cm³/mol. The summed E-state index contributed by atoms with van der Waals surface area (Å²) in [5.41, 5.74) is 8.33. The SMILES string of the molecule is c1ccc2c(-c3ccc(N(c4ccc(-c5cccc6c5sc5ccccc56)cc4)c4ccc5c(ccc6ccccc65)c4)cc3)cccc2c1. The van der Waals surface area contributed by atoms with Crippen molar-refractivity contribution in [2.75, 3.05) is 4.90 Å². The molecule has 1 heterocycles. The molecule has 234 valence electrons. The van der Waals surface area contributed by atoms with Crippen LogP contribution in [0, 0.1) is 0 Å². The van der Waals surface area contributed by atoms with Crippen LogP contribution in [0.15, 0.2) is 188 Å². The fraction of sp³-hybridized carbons (Fsp3) is 0. The van der Waals surface area contributed by atoms with E-state index < -0.39 is 0 Å². The van der Waals surface area contributed by atoms with Gasteiger partial charge in [0.05, 0.1) is 0 Å². The molecule has 0 atom stereocenters. The van der Waals surface area contributed by atoms with Gasteiger partial charge < -0.3 is 4.90 Å².